The minimum Gasteiger partial charge on any atom is -0.361 e. The Bertz CT molecular complexity index is 440. The van der Waals surface area contributed by atoms with Gasteiger partial charge in [-0.05, 0) is 24.0 Å². The van der Waals surface area contributed by atoms with Crippen molar-refractivity contribution in [3.8, 4) is 0 Å². The van der Waals surface area contributed by atoms with Crippen LogP contribution < -0.4 is 5.32 Å². The SMILES string of the molecule is CCC(C)(C)CNc1nc2ccccc2s1. The molecule has 0 spiro atoms. The second kappa shape index (κ2) is 4.42. The maximum atomic E-state index is 4.56. The summed E-state index contributed by atoms with van der Waals surface area (Å²) in [4.78, 5) is 4.56. The molecule has 0 atom stereocenters. The van der Waals surface area contributed by atoms with E-state index >= 15 is 0 Å². The molecule has 0 amide bonds. The third kappa shape index (κ3) is 2.53. The highest BCUT2D eigenvalue weighted by Crippen LogP contribution is 2.27. The van der Waals surface area contributed by atoms with Gasteiger partial charge in [0.2, 0.25) is 0 Å². The van der Waals surface area contributed by atoms with Crippen LogP contribution in [0.5, 0.6) is 0 Å². The van der Waals surface area contributed by atoms with E-state index in [9.17, 15) is 0 Å². The fourth-order valence-electron chi connectivity index (χ4n) is 1.39. The van der Waals surface area contributed by atoms with Crippen molar-refractivity contribution >= 4 is 26.7 Å². The molecule has 0 aliphatic heterocycles. The van der Waals surface area contributed by atoms with E-state index < -0.39 is 0 Å². The Morgan fingerprint density at radius 3 is 2.75 bits per heavy atom. The summed E-state index contributed by atoms with van der Waals surface area (Å²) < 4.78 is 1.25. The van der Waals surface area contributed by atoms with E-state index in [1.165, 1.54) is 11.1 Å². The van der Waals surface area contributed by atoms with Crippen LogP contribution in [0.15, 0.2) is 24.3 Å². The van der Waals surface area contributed by atoms with Crippen molar-refractivity contribution in [2.24, 2.45) is 5.41 Å². The number of nitrogens with zero attached hydrogens (tertiary/aromatic N) is 1. The molecule has 1 aromatic carbocycles. The van der Waals surface area contributed by atoms with E-state index in [0.717, 1.165) is 17.2 Å². The van der Waals surface area contributed by atoms with Crippen molar-refractivity contribution in [3.05, 3.63) is 24.3 Å². The number of aromatic nitrogens is 1. The van der Waals surface area contributed by atoms with Crippen LogP contribution in [0.3, 0.4) is 0 Å². The normalized spacial score (nSPS) is 11.9. The molecule has 16 heavy (non-hydrogen) atoms. The van der Waals surface area contributed by atoms with Gasteiger partial charge in [-0.25, -0.2) is 4.98 Å². The number of hydrogen-bond donors (Lipinski definition) is 1. The number of benzene rings is 1. The molecular formula is C13H18N2S. The molecule has 1 heterocycles. The highest BCUT2D eigenvalue weighted by molar-refractivity contribution is 7.22. The molecule has 3 heteroatoms. The summed E-state index contributed by atoms with van der Waals surface area (Å²) in [6.07, 6.45) is 1.17. The highest BCUT2D eigenvalue weighted by Gasteiger charge is 2.15. The average Bonchev–Trinajstić information content (AvgIpc) is 2.69. The number of thiazole rings is 1. The maximum absolute atomic E-state index is 4.56. The van der Waals surface area contributed by atoms with Crippen molar-refractivity contribution in [1.29, 1.82) is 0 Å². The third-order valence-electron chi connectivity index (χ3n) is 2.97. The van der Waals surface area contributed by atoms with Crippen LogP contribution in [0.1, 0.15) is 27.2 Å². The second-order valence-corrected chi connectivity index (χ2v) is 5.89. The van der Waals surface area contributed by atoms with Crippen LogP contribution in [0, 0.1) is 5.41 Å². The van der Waals surface area contributed by atoms with E-state index in [2.05, 4.69) is 49.3 Å². The number of nitrogens with one attached hydrogen (secondary N) is 1. The molecule has 0 saturated carbocycles. The Hall–Kier alpha value is -1.09. The molecule has 0 aliphatic carbocycles. The molecule has 2 nitrogen and oxygen atoms in total. The van der Waals surface area contributed by atoms with Crippen LogP contribution in [0.2, 0.25) is 0 Å². The van der Waals surface area contributed by atoms with Crippen LogP contribution >= 0.6 is 11.3 Å². The Kier molecular flexibility index (Phi) is 3.15. The molecule has 2 aromatic rings. The lowest BCUT2D eigenvalue weighted by Crippen LogP contribution is -2.21. The maximum Gasteiger partial charge on any atom is 0.183 e. The van der Waals surface area contributed by atoms with Gasteiger partial charge in [-0.2, -0.15) is 0 Å². The number of hydrogen-bond acceptors (Lipinski definition) is 3. The van der Waals surface area contributed by atoms with Gasteiger partial charge in [0.1, 0.15) is 0 Å². The van der Waals surface area contributed by atoms with Crippen molar-refractivity contribution in [1.82, 2.24) is 4.98 Å². The Morgan fingerprint density at radius 2 is 2.06 bits per heavy atom. The zero-order chi connectivity index (χ0) is 11.6. The topological polar surface area (TPSA) is 24.9 Å². The third-order valence-corrected chi connectivity index (χ3v) is 3.96. The van der Waals surface area contributed by atoms with Crippen molar-refractivity contribution in [2.45, 2.75) is 27.2 Å². The Morgan fingerprint density at radius 1 is 1.31 bits per heavy atom. The quantitative estimate of drug-likeness (QED) is 0.859. The molecule has 0 aliphatic rings. The number of rotatable bonds is 4. The van der Waals surface area contributed by atoms with Gasteiger partial charge in [-0.15, -0.1) is 0 Å². The summed E-state index contributed by atoms with van der Waals surface area (Å²) >= 11 is 1.73. The van der Waals surface area contributed by atoms with Gasteiger partial charge < -0.3 is 5.32 Å². The lowest BCUT2D eigenvalue weighted by molar-refractivity contribution is 0.377. The van der Waals surface area contributed by atoms with Gasteiger partial charge in [0.15, 0.2) is 5.13 Å². The first-order chi connectivity index (χ1) is 7.61. The zero-order valence-corrected chi connectivity index (χ0v) is 10.9. The molecular weight excluding hydrogens is 216 g/mol. The summed E-state index contributed by atoms with van der Waals surface area (Å²) in [7, 11) is 0. The zero-order valence-electron chi connectivity index (χ0n) is 10.1. The standard InChI is InChI=1S/C13H18N2S/c1-4-13(2,3)9-14-12-15-10-7-5-6-8-11(10)16-12/h5-8H,4,9H2,1-3H3,(H,14,15). The average molecular weight is 234 g/mol. The summed E-state index contributed by atoms with van der Waals surface area (Å²) in [6, 6.07) is 8.26. The van der Waals surface area contributed by atoms with Crippen LogP contribution in [-0.4, -0.2) is 11.5 Å². The molecule has 86 valence electrons. The van der Waals surface area contributed by atoms with E-state index in [1.54, 1.807) is 11.3 Å². The van der Waals surface area contributed by atoms with Gasteiger partial charge in [-0.3, -0.25) is 0 Å². The van der Waals surface area contributed by atoms with Crippen LogP contribution in [0.4, 0.5) is 5.13 Å². The highest BCUT2D eigenvalue weighted by atomic mass is 32.1. The smallest absolute Gasteiger partial charge is 0.183 e. The summed E-state index contributed by atoms with van der Waals surface area (Å²) in [5, 5.41) is 4.46. The molecule has 0 bridgehead atoms. The molecule has 0 saturated heterocycles. The fourth-order valence-corrected chi connectivity index (χ4v) is 2.25. The van der Waals surface area contributed by atoms with Crippen LogP contribution in [-0.2, 0) is 0 Å². The Labute approximate surface area is 101 Å². The second-order valence-electron chi connectivity index (χ2n) is 4.86. The first kappa shape index (κ1) is 11.4. The summed E-state index contributed by atoms with van der Waals surface area (Å²) in [5.41, 5.74) is 1.42. The summed E-state index contributed by atoms with van der Waals surface area (Å²) in [6.45, 7) is 7.74. The van der Waals surface area contributed by atoms with Crippen molar-refractivity contribution in [3.63, 3.8) is 0 Å². The van der Waals surface area contributed by atoms with E-state index in [0.29, 0.717) is 5.41 Å². The van der Waals surface area contributed by atoms with E-state index in [1.807, 2.05) is 6.07 Å². The lowest BCUT2D eigenvalue weighted by atomic mass is 9.90. The molecule has 0 fully saturated rings. The number of para-hydroxylation sites is 1. The molecule has 1 N–H and O–H groups in total. The molecule has 2 rings (SSSR count). The first-order valence-corrected chi connectivity index (χ1v) is 6.52. The van der Waals surface area contributed by atoms with Gasteiger partial charge in [0.05, 0.1) is 10.2 Å². The van der Waals surface area contributed by atoms with Crippen molar-refractivity contribution in [2.75, 3.05) is 11.9 Å². The van der Waals surface area contributed by atoms with Gasteiger partial charge in [0.25, 0.3) is 0 Å². The van der Waals surface area contributed by atoms with Crippen molar-refractivity contribution < 1.29 is 0 Å². The predicted molar refractivity (Wildman–Crippen MR) is 72.2 cm³/mol. The molecule has 0 radical (unpaired) electrons. The summed E-state index contributed by atoms with van der Waals surface area (Å²) in [5.74, 6) is 0. The van der Waals surface area contributed by atoms with Crippen LogP contribution in [0.25, 0.3) is 10.2 Å². The molecule has 1 aromatic heterocycles. The van der Waals surface area contributed by atoms with Gasteiger partial charge in [0, 0.05) is 6.54 Å². The number of fused-ring (bicyclic) bond motifs is 1. The van der Waals surface area contributed by atoms with E-state index in [4.69, 9.17) is 0 Å². The fraction of sp³-hybridized carbons (Fsp3) is 0.462. The lowest BCUT2D eigenvalue weighted by Gasteiger charge is -2.22. The predicted octanol–water partition coefficient (Wildman–Crippen LogP) is 4.14. The van der Waals surface area contributed by atoms with Gasteiger partial charge in [-0.1, -0.05) is 44.2 Å². The van der Waals surface area contributed by atoms with Gasteiger partial charge >= 0.3 is 0 Å². The molecule has 0 unspecified atom stereocenters. The largest absolute Gasteiger partial charge is 0.361 e. The minimum atomic E-state index is 0.331. The Balaban J connectivity index is 2.10. The minimum absolute atomic E-state index is 0.331. The monoisotopic (exact) mass is 234 g/mol. The van der Waals surface area contributed by atoms with E-state index in [-0.39, 0.29) is 0 Å². The first-order valence-electron chi connectivity index (χ1n) is 5.70. The number of anilines is 1.